The summed E-state index contributed by atoms with van der Waals surface area (Å²) >= 11 is 0. The highest BCUT2D eigenvalue weighted by Gasteiger charge is 2.28. The van der Waals surface area contributed by atoms with Crippen LogP contribution in [0.4, 0.5) is 0 Å². The minimum atomic E-state index is -0.0422. The van der Waals surface area contributed by atoms with Crippen molar-refractivity contribution in [1.29, 1.82) is 0 Å². The molecule has 3 N–H and O–H groups in total. The molecule has 1 unspecified atom stereocenters. The predicted octanol–water partition coefficient (Wildman–Crippen LogP) is 0.997. The number of piperazine rings is 1. The Hall–Kier alpha value is -2.42. The number of nitrogens with zero attached hydrogens (tertiary/aromatic N) is 3. The highest BCUT2D eigenvalue weighted by molar-refractivity contribution is 5.94. The molecule has 1 aromatic heterocycles. The molecule has 1 saturated carbocycles. The Balaban J connectivity index is 0.00000256. The second-order valence-corrected chi connectivity index (χ2v) is 7.81. The summed E-state index contributed by atoms with van der Waals surface area (Å²) in [6.07, 6.45) is 5.84. The van der Waals surface area contributed by atoms with Crippen LogP contribution in [0.25, 0.3) is 0 Å². The van der Waals surface area contributed by atoms with Crippen LogP contribution < -0.4 is 16.0 Å². The van der Waals surface area contributed by atoms with E-state index in [0.717, 1.165) is 43.9 Å². The lowest BCUT2D eigenvalue weighted by molar-refractivity contribution is -0.123. The summed E-state index contributed by atoms with van der Waals surface area (Å²) in [6, 6.07) is 7.84. The molecule has 0 bridgehead atoms. The highest BCUT2D eigenvalue weighted by Crippen LogP contribution is 2.20. The summed E-state index contributed by atoms with van der Waals surface area (Å²) in [7, 11) is 1.97. The summed E-state index contributed by atoms with van der Waals surface area (Å²) in [5.74, 6) is 0.887. The van der Waals surface area contributed by atoms with E-state index in [1.807, 2.05) is 36.0 Å². The summed E-state index contributed by atoms with van der Waals surface area (Å²) in [6.45, 7) is 3.15. The number of hydrogen-bond acceptors (Lipinski definition) is 5. The summed E-state index contributed by atoms with van der Waals surface area (Å²) in [4.78, 5) is 31.4. The van der Waals surface area contributed by atoms with Crippen molar-refractivity contribution in [3.63, 3.8) is 0 Å². The van der Waals surface area contributed by atoms with Crippen LogP contribution in [0.5, 0.6) is 0 Å². The van der Waals surface area contributed by atoms with E-state index in [4.69, 9.17) is 0 Å². The number of hydrogen-bond donors (Lipinski definition) is 3. The third-order valence-electron chi connectivity index (χ3n) is 5.45. The van der Waals surface area contributed by atoms with E-state index in [9.17, 15) is 9.59 Å². The van der Waals surface area contributed by atoms with Crippen LogP contribution in [0, 0.1) is 0 Å². The molecule has 0 radical (unpaired) electrons. The Morgan fingerprint density at radius 2 is 2.13 bits per heavy atom. The maximum atomic E-state index is 12.6. The molecular weight excluding hydrogens is 404 g/mol. The Morgan fingerprint density at radius 3 is 2.87 bits per heavy atom. The largest absolute Gasteiger partial charge is 0.351 e. The zero-order valence-electron chi connectivity index (χ0n) is 17.1. The third-order valence-corrected chi connectivity index (χ3v) is 5.45. The maximum absolute atomic E-state index is 12.6. The number of carbonyl (C=O) groups is 2. The quantitative estimate of drug-likeness (QED) is 0.607. The monoisotopic (exact) mass is 432 g/mol. The fraction of sp³-hybridized carbons (Fsp3) is 0.476. The normalized spacial score (nSPS) is 19.0. The van der Waals surface area contributed by atoms with Crippen molar-refractivity contribution in [2.24, 2.45) is 7.05 Å². The van der Waals surface area contributed by atoms with Gasteiger partial charge in [0.25, 0.3) is 5.91 Å². The minimum absolute atomic E-state index is 0. The molecule has 4 rings (SSSR count). The average Bonchev–Trinajstić information content (AvgIpc) is 3.44. The van der Waals surface area contributed by atoms with Gasteiger partial charge < -0.3 is 20.5 Å². The van der Waals surface area contributed by atoms with Crippen molar-refractivity contribution in [2.45, 2.75) is 31.5 Å². The molecule has 9 heteroatoms. The van der Waals surface area contributed by atoms with Gasteiger partial charge in [-0.25, -0.2) is 4.98 Å². The number of aryl methyl sites for hydroxylation is 1. The van der Waals surface area contributed by atoms with Gasteiger partial charge in [-0.05, 0) is 30.5 Å². The van der Waals surface area contributed by atoms with Gasteiger partial charge in [0, 0.05) is 57.2 Å². The SMILES string of the molecule is Cl.Cn1ccnc1C1CNCCN1CC(=O)NCc1cccc(C(=O)NC2CC2)c1. The van der Waals surface area contributed by atoms with E-state index >= 15 is 0 Å². The number of halogens is 1. The Kier molecular flexibility index (Phi) is 7.47. The fourth-order valence-corrected chi connectivity index (χ4v) is 3.65. The standard InChI is InChI=1S/C21H28N6O2.ClH/c1-26-9-8-23-20(26)18-13-22-7-10-27(18)14-19(28)24-12-15-3-2-4-16(11-15)21(29)25-17-5-6-17;/h2-4,8-9,11,17-18,22H,5-7,10,12-14H2,1H3,(H,24,28)(H,25,29);1H. The summed E-state index contributed by atoms with van der Waals surface area (Å²) in [5.41, 5.74) is 1.56. The van der Waals surface area contributed by atoms with E-state index in [2.05, 4.69) is 25.8 Å². The van der Waals surface area contributed by atoms with Crippen LogP contribution in [-0.2, 0) is 18.4 Å². The number of carbonyl (C=O) groups excluding carboxylic acids is 2. The van der Waals surface area contributed by atoms with E-state index in [1.165, 1.54) is 0 Å². The topological polar surface area (TPSA) is 91.3 Å². The first-order valence-electron chi connectivity index (χ1n) is 10.2. The Labute approximate surface area is 182 Å². The van der Waals surface area contributed by atoms with Gasteiger partial charge in [0.05, 0.1) is 12.6 Å². The first kappa shape index (κ1) is 22.3. The zero-order chi connectivity index (χ0) is 20.2. The van der Waals surface area contributed by atoms with E-state index in [0.29, 0.717) is 24.7 Å². The molecule has 2 aliphatic rings. The third kappa shape index (κ3) is 5.59. The fourth-order valence-electron chi connectivity index (χ4n) is 3.65. The second-order valence-electron chi connectivity index (χ2n) is 7.81. The van der Waals surface area contributed by atoms with Crippen LogP contribution in [0.15, 0.2) is 36.7 Å². The lowest BCUT2D eigenvalue weighted by Gasteiger charge is -2.35. The van der Waals surface area contributed by atoms with Crippen molar-refractivity contribution in [1.82, 2.24) is 30.4 Å². The van der Waals surface area contributed by atoms with Gasteiger partial charge in [-0.15, -0.1) is 12.4 Å². The molecule has 0 spiro atoms. The van der Waals surface area contributed by atoms with Crippen LogP contribution in [0.2, 0.25) is 0 Å². The first-order valence-corrected chi connectivity index (χ1v) is 10.2. The first-order chi connectivity index (χ1) is 14.1. The van der Waals surface area contributed by atoms with E-state index in [-0.39, 0.29) is 30.3 Å². The molecule has 30 heavy (non-hydrogen) atoms. The van der Waals surface area contributed by atoms with Crippen molar-refractivity contribution in [3.05, 3.63) is 53.6 Å². The van der Waals surface area contributed by atoms with Crippen LogP contribution >= 0.6 is 12.4 Å². The molecule has 8 nitrogen and oxygen atoms in total. The van der Waals surface area contributed by atoms with Crippen LogP contribution in [-0.4, -0.2) is 58.5 Å². The van der Waals surface area contributed by atoms with Crippen molar-refractivity contribution in [2.75, 3.05) is 26.2 Å². The van der Waals surface area contributed by atoms with Crippen molar-refractivity contribution in [3.8, 4) is 0 Å². The predicted molar refractivity (Wildman–Crippen MR) is 116 cm³/mol. The molecule has 1 atom stereocenters. The maximum Gasteiger partial charge on any atom is 0.251 e. The molecular formula is C21H29ClN6O2. The molecule has 162 valence electrons. The molecule has 2 fully saturated rings. The number of benzene rings is 1. The minimum Gasteiger partial charge on any atom is -0.351 e. The lowest BCUT2D eigenvalue weighted by atomic mass is 10.1. The number of nitrogens with one attached hydrogen (secondary N) is 3. The van der Waals surface area contributed by atoms with Crippen LogP contribution in [0.3, 0.4) is 0 Å². The van der Waals surface area contributed by atoms with Gasteiger partial charge in [0.1, 0.15) is 5.82 Å². The van der Waals surface area contributed by atoms with E-state index in [1.54, 1.807) is 12.3 Å². The molecule has 1 aliphatic heterocycles. The van der Waals surface area contributed by atoms with Gasteiger partial charge in [0.2, 0.25) is 5.91 Å². The molecule has 2 amide bonds. The number of amides is 2. The number of aromatic nitrogens is 2. The van der Waals surface area contributed by atoms with Gasteiger partial charge in [-0.1, -0.05) is 12.1 Å². The van der Waals surface area contributed by atoms with Gasteiger partial charge in [-0.2, -0.15) is 0 Å². The van der Waals surface area contributed by atoms with Crippen LogP contribution in [0.1, 0.15) is 40.6 Å². The molecule has 1 aliphatic carbocycles. The molecule has 1 saturated heterocycles. The van der Waals surface area contributed by atoms with Gasteiger partial charge in [-0.3, -0.25) is 14.5 Å². The Morgan fingerprint density at radius 1 is 1.30 bits per heavy atom. The smallest absolute Gasteiger partial charge is 0.251 e. The van der Waals surface area contributed by atoms with Crippen molar-refractivity contribution < 1.29 is 9.59 Å². The van der Waals surface area contributed by atoms with Gasteiger partial charge >= 0.3 is 0 Å². The summed E-state index contributed by atoms with van der Waals surface area (Å²) in [5, 5.41) is 9.36. The zero-order valence-corrected chi connectivity index (χ0v) is 18.0. The Bertz CT molecular complexity index is 882. The average molecular weight is 433 g/mol. The molecule has 2 aromatic rings. The van der Waals surface area contributed by atoms with Crippen molar-refractivity contribution >= 4 is 24.2 Å². The number of rotatable bonds is 7. The molecule has 1 aromatic carbocycles. The highest BCUT2D eigenvalue weighted by atomic mass is 35.5. The lowest BCUT2D eigenvalue weighted by Crippen LogP contribution is -2.50. The van der Waals surface area contributed by atoms with E-state index < -0.39 is 0 Å². The second kappa shape index (κ2) is 10.1. The molecule has 2 heterocycles. The summed E-state index contributed by atoms with van der Waals surface area (Å²) < 4.78 is 2.00. The number of imidazole rings is 1. The van der Waals surface area contributed by atoms with Gasteiger partial charge in [0.15, 0.2) is 0 Å².